The van der Waals surface area contributed by atoms with Gasteiger partial charge in [0, 0.05) is 30.1 Å². The number of hydrogen-bond acceptors (Lipinski definition) is 4. The largest absolute Gasteiger partial charge is 0.480 e. The minimum absolute atomic E-state index is 0.161. The molecule has 1 aromatic rings. The molecule has 0 unspecified atom stereocenters. The van der Waals surface area contributed by atoms with Crippen LogP contribution in [-0.2, 0) is 9.59 Å². The van der Waals surface area contributed by atoms with Crippen LogP contribution >= 0.6 is 11.6 Å². The highest BCUT2D eigenvalue weighted by Crippen LogP contribution is 2.33. The number of carbonyl (C=O) groups is 3. The number of carbonyl (C=O) groups excluding carboxylic acids is 2. The van der Waals surface area contributed by atoms with Crippen molar-refractivity contribution >= 4 is 35.1 Å². The standard InChI is InChI=1S/C16H18ClN3O4/c1-9(15(23)24)20-7-6-16(5-4-13(20)21)18-12-3-2-10(17)8-11(12)14(22)19-16/h2-3,8-9,18H,4-7H2,1H3,(H,19,22)(H,23,24)/t9-,16-/m1/s1. The highest BCUT2D eigenvalue weighted by molar-refractivity contribution is 6.31. The quantitative estimate of drug-likeness (QED) is 0.753. The maximum absolute atomic E-state index is 12.4. The van der Waals surface area contributed by atoms with E-state index in [2.05, 4.69) is 10.6 Å². The van der Waals surface area contributed by atoms with Crippen LogP contribution < -0.4 is 10.6 Å². The highest BCUT2D eigenvalue weighted by Gasteiger charge is 2.41. The van der Waals surface area contributed by atoms with E-state index < -0.39 is 17.7 Å². The number of amides is 2. The molecule has 8 heteroatoms. The van der Waals surface area contributed by atoms with E-state index in [0.29, 0.717) is 29.1 Å². The first-order valence-corrected chi connectivity index (χ1v) is 8.12. The zero-order valence-corrected chi connectivity index (χ0v) is 13.9. The van der Waals surface area contributed by atoms with E-state index in [9.17, 15) is 14.4 Å². The number of nitrogens with one attached hydrogen (secondary N) is 2. The van der Waals surface area contributed by atoms with Gasteiger partial charge < -0.3 is 20.6 Å². The molecule has 1 saturated heterocycles. The average Bonchev–Trinajstić information content (AvgIpc) is 2.68. The Morgan fingerprint density at radius 1 is 1.33 bits per heavy atom. The maximum atomic E-state index is 12.4. The van der Waals surface area contributed by atoms with E-state index in [4.69, 9.17) is 16.7 Å². The molecule has 1 aromatic carbocycles. The number of aliphatic carboxylic acids is 1. The van der Waals surface area contributed by atoms with Crippen LogP contribution in [0.5, 0.6) is 0 Å². The normalized spacial score (nSPS) is 24.7. The van der Waals surface area contributed by atoms with Crippen molar-refractivity contribution in [1.82, 2.24) is 10.2 Å². The summed E-state index contributed by atoms with van der Waals surface area (Å²) in [5.74, 6) is -1.52. The van der Waals surface area contributed by atoms with Crippen LogP contribution in [0.3, 0.4) is 0 Å². The second kappa shape index (κ2) is 5.98. The van der Waals surface area contributed by atoms with Gasteiger partial charge in [0.05, 0.1) is 5.56 Å². The molecule has 0 bridgehead atoms. The molecule has 2 heterocycles. The van der Waals surface area contributed by atoms with E-state index in [-0.39, 0.29) is 24.8 Å². The molecule has 1 fully saturated rings. The molecule has 0 radical (unpaired) electrons. The molecular formula is C16H18ClN3O4. The second-order valence-corrected chi connectivity index (χ2v) is 6.64. The van der Waals surface area contributed by atoms with Gasteiger partial charge in [-0.25, -0.2) is 4.79 Å². The Hall–Kier alpha value is -2.28. The van der Waals surface area contributed by atoms with Crippen molar-refractivity contribution in [3.63, 3.8) is 0 Å². The van der Waals surface area contributed by atoms with Gasteiger partial charge in [-0.15, -0.1) is 0 Å². The molecule has 2 aliphatic rings. The van der Waals surface area contributed by atoms with E-state index >= 15 is 0 Å². The zero-order valence-electron chi connectivity index (χ0n) is 13.1. The first-order chi connectivity index (χ1) is 11.3. The van der Waals surface area contributed by atoms with Crippen molar-refractivity contribution < 1.29 is 19.5 Å². The van der Waals surface area contributed by atoms with Gasteiger partial charge in [0.15, 0.2) is 0 Å². The number of anilines is 1. The lowest BCUT2D eigenvalue weighted by Gasteiger charge is -2.40. The molecule has 3 rings (SSSR count). The van der Waals surface area contributed by atoms with Gasteiger partial charge in [-0.2, -0.15) is 0 Å². The Bertz CT molecular complexity index is 723. The molecule has 128 valence electrons. The molecule has 24 heavy (non-hydrogen) atoms. The first-order valence-electron chi connectivity index (χ1n) is 7.74. The minimum atomic E-state index is -1.04. The number of rotatable bonds is 2. The van der Waals surface area contributed by atoms with Gasteiger partial charge in [0.2, 0.25) is 5.91 Å². The van der Waals surface area contributed by atoms with Crippen molar-refractivity contribution in [2.75, 3.05) is 11.9 Å². The summed E-state index contributed by atoms with van der Waals surface area (Å²) in [7, 11) is 0. The topological polar surface area (TPSA) is 98.7 Å². The third-order valence-electron chi connectivity index (χ3n) is 4.64. The summed E-state index contributed by atoms with van der Waals surface area (Å²) >= 11 is 5.93. The summed E-state index contributed by atoms with van der Waals surface area (Å²) in [4.78, 5) is 37.2. The highest BCUT2D eigenvalue weighted by atomic mass is 35.5. The predicted molar refractivity (Wildman–Crippen MR) is 87.9 cm³/mol. The molecule has 0 aliphatic carbocycles. The van der Waals surface area contributed by atoms with Crippen LogP contribution in [0.2, 0.25) is 5.02 Å². The molecule has 7 nitrogen and oxygen atoms in total. The monoisotopic (exact) mass is 351 g/mol. The third-order valence-corrected chi connectivity index (χ3v) is 4.88. The molecular weight excluding hydrogens is 334 g/mol. The number of carboxylic acid groups (broad SMARTS) is 1. The number of likely N-dealkylation sites (tertiary alicyclic amines) is 1. The van der Waals surface area contributed by atoms with Crippen LogP contribution in [0.15, 0.2) is 18.2 Å². The SMILES string of the molecule is C[C@H](C(=O)O)N1CC[C@@]2(CCC1=O)NC(=O)c1cc(Cl)ccc1N2. The number of fused-ring (bicyclic) bond motifs is 1. The summed E-state index contributed by atoms with van der Waals surface area (Å²) in [5, 5.41) is 15.9. The second-order valence-electron chi connectivity index (χ2n) is 6.20. The number of nitrogens with zero attached hydrogens (tertiary/aromatic N) is 1. The zero-order chi connectivity index (χ0) is 17.5. The maximum Gasteiger partial charge on any atom is 0.326 e. The van der Waals surface area contributed by atoms with Crippen molar-refractivity contribution in [1.29, 1.82) is 0 Å². The van der Waals surface area contributed by atoms with E-state index in [0.717, 1.165) is 0 Å². The summed E-state index contributed by atoms with van der Waals surface area (Å²) in [6.45, 7) is 1.74. The van der Waals surface area contributed by atoms with Crippen LogP contribution in [0.1, 0.15) is 36.5 Å². The Morgan fingerprint density at radius 2 is 2.08 bits per heavy atom. The number of halogens is 1. The fourth-order valence-corrected chi connectivity index (χ4v) is 3.38. The predicted octanol–water partition coefficient (Wildman–Crippen LogP) is 1.68. The number of carboxylic acids is 1. The Morgan fingerprint density at radius 3 is 2.79 bits per heavy atom. The van der Waals surface area contributed by atoms with Gasteiger partial charge in [-0.1, -0.05) is 11.6 Å². The Balaban J connectivity index is 1.85. The van der Waals surface area contributed by atoms with Crippen molar-refractivity contribution in [3.8, 4) is 0 Å². The van der Waals surface area contributed by atoms with Crippen LogP contribution in [0, 0.1) is 0 Å². The molecule has 2 aliphatic heterocycles. The van der Waals surface area contributed by atoms with E-state index in [1.54, 1.807) is 18.2 Å². The molecule has 1 spiro atoms. The van der Waals surface area contributed by atoms with E-state index in [1.807, 2.05) is 0 Å². The van der Waals surface area contributed by atoms with Crippen LogP contribution in [0.25, 0.3) is 0 Å². The lowest BCUT2D eigenvalue weighted by Crippen LogP contribution is -2.58. The van der Waals surface area contributed by atoms with Gasteiger partial charge in [-0.05, 0) is 31.5 Å². The van der Waals surface area contributed by atoms with Crippen molar-refractivity contribution in [2.45, 2.75) is 37.9 Å². The Kier molecular flexibility index (Phi) is 4.13. The van der Waals surface area contributed by atoms with E-state index in [1.165, 1.54) is 11.8 Å². The summed E-state index contributed by atoms with van der Waals surface area (Å²) in [6.07, 6.45) is 0.973. The number of hydrogen-bond donors (Lipinski definition) is 3. The molecule has 2 atom stereocenters. The smallest absolute Gasteiger partial charge is 0.326 e. The van der Waals surface area contributed by atoms with Crippen LogP contribution in [-0.4, -0.2) is 46.0 Å². The van der Waals surface area contributed by atoms with Gasteiger partial charge in [-0.3, -0.25) is 9.59 Å². The summed E-state index contributed by atoms with van der Waals surface area (Å²) in [6, 6.07) is 4.13. The third kappa shape index (κ3) is 2.91. The number of benzene rings is 1. The Labute approximate surface area is 144 Å². The average molecular weight is 352 g/mol. The van der Waals surface area contributed by atoms with Crippen LogP contribution in [0.4, 0.5) is 5.69 Å². The molecule has 2 amide bonds. The van der Waals surface area contributed by atoms with Gasteiger partial charge >= 0.3 is 5.97 Å². The first kappa shape index (κ1) is 16.6. The fraction of sp³-hybridized carbons (Fsp3) is 0.438. The summed E-state index contributed by atoms with van der Waals surface area (Å²) < 4.78 is 0. The summed E-state index contributed by atoms with van der Waals surface area (Å²) in [5.41, 5.74) is 0.357. The van der Waals surface area contributed by atoms with Gasteiger partial charge in [0.1, 0.15) is 11.7 Å². The lowest BCUT2D eigenvalue weighted by molar-refractivity contribution is -0.149. The molecule has 0 saturated carbocycles. The van der Waals surface area contributed by atoms with Crippen molar-refractivity contribution in [3.05, 3.63) is 28.8 Å². The minimum Gasteiger partial charge on any atom is -0.480 e. The molecule has 0 aromatic heterocycles. The fourth-order valence-electron chi connectivity index (χ4n) is 3.20. The lowest BCUT2D eigenvalue weighted by atomic mass is 9.95. The van der Waals surface area contributed by atoms with Gasteiger partial charge in [0.25, 0.3) is 5.91 Å². The van der Waals surface area contributed by atoms with Crippen molar-refractivity contribution in [2.24, 2.45) is 0 Å². The molecule has 3 N–H and O–H groups in total.